The molecule has 0 aromatic heterocycles. The maximum Gasteiger partial charge on any atom is 0.767 e. The Balaban J connectivity index is 0.00000301. The van der Waals surface area contributed by atoms with Crippen LogP contribution in [0.25, 0.3) is 0 Å². The molecule has 0 spiro atoms. The van der Waals surface area contributed by atoms with Gasteiger partial charge < -0.3 is 35.4 Å². The van der Waals surface area contributed by atoms with Crippen LogP contribution in [-0.2, 0) is 78.3 Å². The summed E-state index contributed by atoms with van der Waals surface area (Å²) in [7, 11) is -3.49. The minimum absolute atomic E-state index is 0.271. The fraction of sp³-hybridized carbons (Fsp3) is 1.00. The van der Waals surface area contributed by atoms with Crippen molar-refractivity contribution in [1.82, 2.24) is 0 Å². The van der Waals surface area contributed by atoms with Crippen LogP contribution >= 0.6 is 0 Å². The number of hydrogen-bond donors (Lipinski definition) is 0. The van der Waals surface area contributed by atoms with E-state index in [9.17, 15) is 4.46 Å². The molecule has 4 atom stereocenters. The average molecular weight is 882 g/mol. The van der Waals surface area contributed by atoms with Crippen molar-refractivity contribution in [3.63, 3.8) is 0 Å². The lowest BCUT2D eigenvalue weighted by atomic mass is 9.70. The van der Waals surface area contributed by atoms with E-state index in [1.807, 2.05) is 50.4 Å². The molecule has 53 heavy (non-hydrogen) atoms. The largest absolute Gasteiger partial charge is 0.767 e. The average Bonchev–Trinajstić information content (AvgIpc) is 3.13. The Morgan fingerprint density at radius 3 is 1.57 bits per heavy atom. The summed E-state index contributed by atoms with van der Waals surface area (Å²) in [6.45, 7) is 23.0. The van der Waals surface area contributed by atoms with Crippen LogP contribution in [0.5, 0.6) is 0 Å². The normalized spacial score (nSPS) is 18.2. The predicted molar refractivity (Wildman–Crippen MR) is 236 cm³/mol. The lowest BCUT2D eigenvalue weighted by Gasteiger charge is -2.37. The maximum atomic E-state index is 10.4. The highest BCUT2D eigenvalue weighted by molar-refractivity contribution is 8.58. The van der Waals surface area contributed by atoms with Crippen molar-refractivity contribution in [2.45, 2.75) is 158 Å². The summed E-state index contributed by atoms with van der Waals surface area (Å²) in [5, 5.41) is 0. The van der Waals surface area contributed by atoms with Crippen LogP contribution in [-0.4, -0.2) is 91.1 Å². The Bertz CT molecular complexity index is 949. The number of hydrogen-bond acceptors (Lipinski definition) is 10. The number of unbranched alkanes of at least 4 members (excludes halogenated alkanes) is 4. The Kier molecular flexibility index (Phi) is 36.5. The van der Waals surface area contributed by atoms with E-state index < -0.39 is 26.8 Å². The second-order valence-corrected chi connectivity index (χ2v) is 26.4. The summed E-state index contributed by atoms with van der Waals surface area (Å²) in [6.07, 6.45) is 17.3. The van der Waals surface area contributed by atoms with Gasteiger partial charge in [-0.1, -0.05) is 58.3 Å². The van der Waals surface area contributed by atoms with Crippen molar-refractivity contribution in [1.29, 1.82) is 0 Å². The highest BCUT2D eigenvalue weighted by Crippen LogP contribution is 2.41. The Hall–Kier alpha value is 0.821. The predicted octanol–water partition coefficient (Wildman–Crippen LogP) is 9.59. The van der Waals surface area contributed by atoms with E-state index in [1.54, 1.807) is 13.8 Å². The van der Waals surface area contributed by atoms with Crippen LogP contribution in [0.4, 0.5) is 0 Å². The van der Waals surface area contributed by atoms with E-state index in [1.165, 1.54) is 91.0 Å². The highest BCUT2D eigenvalue weighted by atomic mass is 33.2. The minimum atomic E-state index is -2.58. The van der Waals surface area contributed by atoms with Crippen molar-refractivity contribution in [2.24, 2.45) is 17.8 Å². The van der Waals surface area contributed by atoms with Gasteiger partial charge in [-0.05, 0) is 146 Å². The van der Waals surface area contributed by atoms with Crippen LogP contribution in [0.1, 0.15) is 146 Å². The van der Waals surface area contributed by atoms with Gasteiger partial charge in [0.25, 0.3) is 0 Å². The van der Waals surface area contributed by atoms with Gasteiger partial charge in [0.1, 0.15) is 0 Å². The van der Waals surface area contributed by atoms with Crippen molar-refractivity contribution < 1.29 is 39.9 Å². The molecule has 0 bridgehead atoms. The molecule has 4 unspecified atom stereocenters. The Morgan fingerprint density at radius 2 is 1.09 bits per heavy atom. The molecule has 1 fully saturated rings. The first kappa shape index (κ1) is 53.8. The highest BCUT2D eigenvalue weighted by Gasteiger charge is 2.40. The third-order valence-corrected chi connectivity index (χ3v) is 23.9. The zero-order valence-electron chi connectivity index (χ0n) is 35.2. The summed E-state index contributed by atoms with van der Waals surface area (Å²) in [4.78, 5) is 0. The molecule has 0 heterocycles. The number of rotatable bonds is 33. The second-order valence-electron chi connectivity index (χ2n) is 13.3. The van der Waals surface area contributed by atoms with Crippen molar-refractivity contribution in [2.75, 3.05) is 64.4 Å². The van der Waals surface area contributed by atoms with E-state index >= 15 is 0 Å². The van der Waals surface area contributed by atoms with E-state index in [0.717, 1.165) is 42.7 Å². The summed E-state index contributed by atoms with van der Waals surface area (Å²) >= 11 is 5.40. The Morgan fingerprint density at radius 1 is 0.585 bits per heavy atom. The topological polar surface area (TPSA) is 90.9 Å². The fourth-order valence-electron chi connectivity index (χ4n) is 7.24. The van der Waals surface area contributed by atoms with Gasteiger partial charge in [0.15, 0.2) is 0 Å². The Labute approximate surface area is 343 Å². The first-order valence-corrected chi connectivity index (χ1v) is 31.2. The summed E-state index contributed by atoms with van der Waals surface area (Å²) in [5.74, 6) is 5.15. The summed E-state index contributed by atoms with van der Waals surface area (Å²) in [5.41, 5.74) is 0. The van der Waals surface area contributed by atoms with Gasteiger partial charge in [-0.25, -0.2) is 0 Å². The molecule has 1 rings (SSSR count). The second kappa shape index (κ2) is 35.9. The van der Waals surface area contributed by atoms with Crippen LogP contribution < -0.4 is 0 Å². The SMILES string of the molecule is CCCCC1CCC(CCCCCC[Si](OCC)(OCC)OCC)C(CCS(CCC[Si](OCC)(OCC)OCC)=S=S=S)C1.CCO[Si](=O)OCC. The zero-order chi connectivity index (χ0) is 39.6. The third kappa shape index (κ3) is 25.7. The molecule has 0 aromatic rings. The van der Waals surface area contributed by atoms with Crippen molar-refractivity contribution >= 4 is 65.2 Å². The van der Waals surface area contributed by atoms with Crippen LogP contribution in [0.2, 0.25) is 12.1 Å². The van der Waals surface area contributed by atoms with Gasteiger partial charge in [0.05, 0.1) is 13.2 Å². The van der Waals surface area contributed by atoms with Gasteiger partial charge >= 0.3 is 26.8 Å². The third-order valence-electron chi connectivity index (χ3n) is 9.43. The molecule has 0 saturated heterocycles. The zero-order valence-corrected chi connectivity index (χ0v) is 41.5. The van der Waals surface area contributed by atoms with Crippen molar-refractivity contribution in [3.05, 3.63) is 0 Å². The molecule has 1 aliphatic rings. The monoisotopic (exact) mass is 880 g/mol. The lowest BCUT2D eigenvalue weighted by Crippen LogP contribution is -2.46. The molecule has 0 aromatic carbocycles. The molecule has 0 N–H and O–H groups in total. The molecule has 16 heteroatoms. The van der Waals surface area contributed by atoms with E-state index in [2.05, 4.69) is 15.8 Å². The van der Waals surface area contributed by atoms with Crippen LogP contribution in [0, 0.1) is 17.8 Å². The summed E-state index contributed by atoms with van der Waals surface area (Å²) < 4.78 is 56.2. The smallest absolute Gasteiger partial charge is 0.496 e. The van der Waals surface area contributed by atoms with E-state index in [-0.39, 0.29) is 9.45 Å². The molecule has 0 radical (unpaired) electrons. The molecular weight excluding hydrogens is 801 g/mol. The molecule has 9 nitrogen and oxygen atoms in total. The first-order valence-electron chi connectivity index (χ1n) is 21.0. The van der Waals surface area contributed by atoms with E-state index in [4.69, 9.17) is 37.7 Å². The fourth-order valence-corrected chi connectivity index (χ4v) is 20.1. The van der Waals surface area contributed by atoms with Crippen molar-refractivity contribution in [3.8, 4) is 0 Å². The molecule has 1 aliphatic carbocycles. The molecule has 0 aliphatic heterocycles. The first-order chi connectivity index (χ1) is 25.7. The molecule has 1 saturated carbocycles. The van der Waals surface area contributed by atoms with Gasteiger partial charge in [0, 0.05) is 51.7 Å². The molecular formula is C37H80O9S4Si3. The standard InChI is InChI=1S/C33H70O6S4Si2.C4H10O3Si/c1-8-15-21-31-23-24-32(22-18-16-17-19-28-44(34-9-2,35-10-3)36-11-4)33(30-31)25-27-43(42-41-40)26-20-29-45(37-12-5,38-13-6)39-14-7;1-3-6-8(5)7-4-2/h31-33H,8-30H2,1-7H3;3-4H2,1-2H3. The van der Waals surface area contributed by atoms with Gasteiger partial charge in [-0.3, -0.25) is 4.46 Å². The maximum absolute atomic E-state index is 10.4. The lowest BCUT2D eigenvalue weighted by molar-refractivity contribution is 0.0700. The molecule has 318 valence electrons. The quantitative estimate of drug-likeness (QED) is 0.0469. The van der Waals surface area contributed by atoms with Gasteiger partial charge in [0.2, 0.25) is 0 Å². The van der Waals surface area contributed by atoms with Crippen LogP contribution in [0.15, 0.2) is 0 Å². The van der Waals surface area contributed by atoms with E-state index in [0.29, 0.717) is 52.9 Å². The minimum Gasteiger partial charge on any atom is -0.496 e. The molecule has 0 amide bonds. The van der Waals surface area contributed by atoms with Crippen LogP contribution in [0.3, 0.4) is 0 Å². The van der Waals surface area contributed by atoms with Gasteiger partial charge in [-0.15, -0.1) is 9.45 Å². The van der Waals surface area contributed by atoms with Gasteiger partial charge in [-0.2, -0.15) is 0 Å². The summed E-state index contributed by atoms with van der Waals surface area (Å²) in [6, 6.07) is 1.85.